The molecule has 3 aromatic rings. The highest BCUT2D eigenvalue weighted by molar-refractivity contribution is 5.65. The van der Waals surface area contributed by atoms with E-state index >= 15 is 0 Å². The molecule has 7 nitrogen and oxygen atoms in total. The quantitative estimate of drug-likeness (QED) is 0.498. The molecule has 0 amide bonds. The number of imidazole rings is 1. The second kappa shape index (κ2) is 10.1. The van der Waals surface area contributed by atoms with Gasteiger partial charge in [0.2, 0.25) is 0 Å². The van der Waals surface area contributed by atoms with Crippen LogP contribution in [0.3, 0.4) is 0 Å². The number of rotatable bonds is 6. The minimum absolute atomic E-state index is 0.0712. The van der Waals surface area contributed by atoms with Crippen LogP contribution in [0.1, 0.15) is 30.5 Å². The van der Waals surface area contributed by atoms with Crippen molar-refractivity contribution < 1.29 is 29.2 Å². The summed E-state index contributed by atoms with van der Waals surface area (Å²) in [6.45, 7) is 1.79. The standard InChI is InChI=1S/C25H25FN2O5/c1-16(30)25-27-10-11-28(25)20(13-29)8-4-17-2-5-18(6-3-17)19-7-9-23(21(26)12-19)33-24-15-32-14-22(24)31/h2-3,5-7,9-12,16,20,22,24,29-31H,13-15H2,1H3/t16-,20-,22+,24+/m0/s1. The van der Waals surface area contributed by atoms with Crippen molar-refractivity contribution in [1.82, 2.24) is 9.55 Å². The Labute approximate surface area is 191 Å². The number of benzene rings is 2. The predicted molar refractivity (Wildman–Crippen MR) is 119 cm³/mol. The topological polar surface area (TPSA) is 97.0 Å². The molecule has 172 valence electrons. The molecule has 0 unspecified atom stereocenters. The second-order valence-corrected chi connectivity index (χ2v) is 7.82. The van der Waals surface area contributed by atoms with Crippen LogP contribution in [0, 0.1) is 17.7 Å². The number of halogens is 1. The van der Waals surface area contributed by atoms with Gasteiger partial charge in [-0.1, -0.05) is 30.0 Å². The number of aliphatic hydroxyl groups is 3. The molecule has 1 aliphatic rings. The highest BCUT2D eigenvalue weighted by Crippen LogP contribution is 2.27. The lowest BCUT2D eigenvalue weighted by Gasteiger charge is -2.16. The van der Waals surface area contributed by atoms with E-state index in [4.69, 9.17) is 9.47 Å². The SMILES string of the molecule is C[C@H](O)c1nccn1[C@@H](C#Cc1ccc(-c2ccc(O[C@@H]3COC[C@H]3O)c(F)c2)cc1)CO. The van der Waals surface area contributed by atoms with Gasteiger partial charge in [-0.3, -0.25) is 0 Å². The summed E-state index contributed by atoms with van der Waals surface area (Å²) in [4.78, 5) is 4.11. The van der Waals surface area contributed by atoms with Crippen molar-refractivity contribution in [3.8, 4) is 28.7 Å². The molecule has 1 saturated heterocycles. The van der Waals surface area contributed by atoms with Crippen LogP contribution >= 0.6 is 0 Å². The second-order valence-electron chi connectivity index (χ2n) is 7.82. The van der Waals surface area contributed by atoms with Crippen LogP contribution in [0.2, 0.25) is 0 Å². The third kappa shape index (κ3) is 5.24. The van der Waals surface area contributed by atoms with Crippen LogP contribution in [0.25, 0.3) is 11.1 Å². The molecule has 8 heteroatoms. The normalized spacial score (nSPS) is 19.5. The van der Waals surface area contributed by atoms with Gasteiger partial charge in [0, 0.05) is 18.0 Å². The monoisotopic (exact) mass is 452 g/mol. The summed E-state index contributed by atoms with van der Waals surface area (Å²) in [6, 6.07) is 11.4. The fraction of sp³-hybridized carbons (Fsp3) is 0.320. The Morgan fingerprint density at radius 3 is 2.61 bits per heavy atom. The Kier molecular flexibility index (Phi) is 7.06. The smallest absolute Gasteiger partial charge is 0.165 e. The molecule has 2 aromatic carbocycles. The summed E-state index contributed by atoms with van der Waals surface area (Å²) >= 11 is 0. The van der Waals surface area contributed by atoms with Crippen molar-refractivity contribution in [3.05, 3.63) is 72.1 Å². The van der Waals surface area contributed by atoms with Crippen molar-refractivity contribution >= 4 is 0 Å². The van der Waals surface area contributed by atoms with Gasteiger partial charge in [0.1, 0.15) is 24.1 Å². The van der Waals surface area contributed by atoms with Crippen LogP contribution in [0.4, 0.5) is 4.39 Å². The summed E-state index contributed by atoms with van der Waals surface area (Å²) < 4.78 is 26.9. The Morgan fingerprint density at radius 2 is 1.97 bits per heavy atom. The Balaban J connectivity index is 1.47. The van der Waals surface area contributed by atoms with E-state index in [2.05, 4.69) is 16.8 Å². The third-order valence-electron chi connectivity index (χ3n) is 5.39. The van der Waals surface area contributed by atoms with Gasteiger partial charge in [0.25, 0.3) is 0 Å². The van der Waals surface area contributed by atoms with Crippen molar-refractivity contribution in [3.63, 3.8) is 0 Å². The lowest BCUT2D eigenvalue weighted by atomic mass is 10.0. The Hall–Kier alpha value is -3.22. The minimum Gasteiger partial charge on any atom is -0.482 e. The predicted octanol–water partition coefficient (Wildman–Crippen LogP) is 2.47. The number of aliphatic hydroxyl groups excluding tert-OH is 3. The first kappa shape index (κ1) is 23.0. The zero-order chi connectivity index (χ0) is 23.4. The molecule has 0 aliphatic carbocycles. The maximum absolute atomic E-state index is 14.5. The van der Waals surface area contributed by atoms with Crippen molar-refractivity contribution in [2.24, 2.45) is 0 Å². The van der Waals surface area contributed by atoms with Crippen LogP contribution in [0.5, 0.6) is 5.75 Å². The van der Waals surface area contributed by atoms with Gasteiger partial charge in [0.05, 0.1) is 19.8 Å². The molecule has 0 radical (unpaired) electrons. The van der Waals surface area contributed by atoms with Gasteiger partial charge >= 0.3 is 0 Å². The number of ether oxygens (including phenoxy) is 2. The van der Waals surface area contributed by atoms with E-state index < -0.39 is 30.2 Å². The van der Waals surface area contributed by atoms with Gasteiger partial charge in [-0.25, -0.2) is 9.37 Å². The first-order chi connectivity index (χ1) is 16.0. The molecule has 4 atom stereocenters. The molecule has 33 heavy (non-hydrogen) atoms. The zero-order valence-electron chi connectivity index (χ0n) is 18.1. The van der Waals surface area contributed by atoms with E-state index in [1.165, 1.54) is 6.07 Å². The first-order valence-corrected chi connectivity index (χ1v) is 10.6. The fourth-order valence-electron chi connectivity index (χ4n) is 3.60. The lowest BCUT2D eigenvalue weighted by molar-refractivity contribution is 0.0708. The summed E-state index contributed by atoms with van der Waals surface area (Å²) in [6.07, 6.45) is 1.10. The average molecular weight is 452 g/mol. The van der Waals surface area contributed by atoms with Gasteiger partial charge in [-0.05, 0) is 42.3 Å². The minimum atomic E-state index is -0.774. The third-order valence-corrected chi connectivity index (χ3v) is 5.39. The molecule has 0 bridgehead atoms. The number of hydrogen-bond donors (Lipinski definition) is 3. The van der Waals surface area contributed by atoms with E-state index in [1.54, 1.807) is 36.0 Å². The van der Waals surface area contributed by atoms with E-state index in [0.717, 1.165) is 11.1 Å². The summed E-state index contributed by atoms with van der Waals surface area (Å²) in [7, 11) is 0. The summed E-state index contributed by atoms with van der Waals surface area (Å²) in [5, 5.41) is 29.3. The number of hydrogen-bond acceptors (Lipinski definition) is 6. The van der Waals surface area contributed by atoms with Crippen LogP contribution < -0.4 is 4.74 Å². The summed E-state index contributed by atoms with van der Waals surface area (Å²) in [5.41, 5.74) is 2.21. The first-order valence-electron chi connectivity index (χ1n) is 10.6. The zero-order valence-corrected chi connectivity index (χ0v) is 18.1. The Bertz CT molecular complexity index is 1150. The highest BCUT2D eigenvalue weighted by Gasteiger charge is 2.28. The van der Waals surface area contributed by atoms with Crippen LogP contribution in [0.15, 0.2) is 54.9 Å². The van der Waals surface area contributed by atoms with E-state index in [-0.39, 0.29) is 25.6 Å². The molecule has 3 N–H and O–H groups in total. The van der Waals surface area contributed by atoms with Crippen LogP contribution in [-0.2, 0) is 4.74 Å². The largest absolute Gasteiger partial charge is 0.482 e. The van der Waals surface area contributed by atoms with Gasteiger partial charge in [-0.2, -0.15) is 0 Å². The maximum Gasteiger partial charge on any atom is 0.165 e. The number of nitrogens with zero attached hydrogens (tertiary/aromatic N) is 2. The number of aromatic nitrogens is 2. The molecule has 1 aliphatic heterocycles. The Morgan fingerprint density at radius 1 is 1.21 bits per heavy atom. The average Bonchev–Trinajstić information content (AvgIpc) is 3.46. The van der Waals surface area contributed by atoms with Crippen molar-refractivity contribution in [2.45, 2.75) is 31.3 Å². The van der Waals surface area contributed by atoms with Crippen molar-refractivity contribution in [2.75, 3.05) is 19.8 Å². The molecule has 1 aromatic heterocycles. The maximum atomic E-state index is 14.5. The van der Waals surface area contributed by atoms with E-state index in [9.17, 15) is 19.7 Å². The molecular formula is C25H25FN2O5. The molecule has 0 saturated carbocycles. The molecule has 1 fully saturated rings. The molecular weight excluding hydrogens is 427 g/mol. The van der Waals surface area contributed by atoms with Gasteiger partial charge < -0.3 is 29.4 Å². The fourth-order valence-corrected chi connectivity index (χ4v) is 3.60. The van der Waals surface area contributed by atoms with Gasteiger partial charge in [-0.15, -0.1) is 0 Å². The van der Waals surface area contributed by atoms with E-state index in [1.807, 2.05) is 24.3 Å². The molecule has 2 heterocycles. The lowest BCUT2D eigenvalue weighted by Crippen LogP contribution is -2.30. The molecule has 4 rings (SSSR count). The highest BCUT2D eigenvalue weighted by atomic mass is 19.1. The van der Waals surface area contributed by atoms with E-state index in [0.29, 0.717) is 11.4 Å². The molecule has 0 spiro atoms. The van der Waals surface area contributed by atoms with Crippen LogP contribution in [-0.4, -0.2) is 56.9 Å². The van der Waals surface area contributed by atoms with Crippen molar-refractivity contribution in [1.29, 1.82) is 0 Å². The van der Waals surface area contributed by atoms with Gasteiger partial charge in [0.15, 0.2) is 17.7 Å². The summed E-state index contributed by atoms with van der Waals surface area (Å²) in [5.74, 6) is 6.01.